The summed E-state index contributed by atoms with van der Waals surface area (Å²) in [5.41, 5.74) is 1.35. The van der Waals surface area contributed by atoms with Crippen molar-refractivity contribution in [3.63, 3.8) is 0 Å². The number of aromatic amines is 1. The summed E-state index contributed by atoms with van der Waals surface area (Å²) in [6, 6.07) is 1.76. The van der Waals surface area contributed by atoms with Crippen molar-refractivity contribution in [1.82, 2.24) is 20.0 Å². The Morgan fingerprint density at radius 2 is 2.40 bits per heavy atom. The van der Waals surface area contributed by atoms with Crippen LogP contribution in [-0.2, 0) is 7.05 Å². The summed E-state index contributed by atoms with van der Waals surface area (Å²) >= 11 is 0. The first-order chi connectivity index (χ1) is 7.15. The Morgan fingerprint density at radius 3 is 2.93 bits per heavy atom. The largest absolute Gasteiger partial charge is 0.307 e. The predicted molar refractivity (Wildman–Crippen MR) is 54.5 cm³/mol. The number of carbonyl (C=O) groups excluding carboxylic acids is 1. The van der Waals surface area contributed by atoms with Gasteiger partial charge in [0.05, 0.1) is 17.5 Å². The first-order valence-electron chi connectivity index (χ1n) is 4.47. The number of aromatic nitrogens is 4. The minimum atomic E-state index is -0.202. The molecule has 2 rings (SSSR count). The maximum absolute atomic E-state index is 11.6. The van der Waals surface area contributed by atoms with Crippen LogP contribution >= 0.6 is 0 Å². The summed E-state index contributed by atoms with van der Waals surface area (Å²) in [4.78, 5) is 11.6. The summed E-state index contributed by atoms with van der Waals surface area (Å²) in [6.07, 6.45) is 3.16. The van der Waals surface area contributed by atoms with Crippen molar-refractivity contribution in [2.24, 2.45) is 7.05 Å². The average molecular weight is 205 g/mol. The van der Waals surface area contributed by atoms with Gasteiger partial charge in [-0.15, -0.1) is 0 Å². The Bertz CT molecular complexity index is 484. The second-order valence-corrected chi connectivity index (χ2v) is 3.28. The van der Waals surface area contributed by atoms with Crippen LogP contribution in [0.25, 0.3) is 0 Å². The Kier molecular flexibility index (Phi) is 2.24. The molecule has 0 fully saturated rings. The van der Waals surface area contributed by atoms with Crippen LogP contribution in [0.2, 0.25) is 0 Å². The highest BCUT2D eigenvalue weighted by Gasteiger charge is 2.08. The van der Waals surface area contributed by atoms with E-state index in [9.17, 15) is 4.79 Å². The van der Waals surface area contributed by atoms with Gasteiger partial charge in [0.15, 0.2) is 0 Å². The first-order valence-corrected chi connectivity index (χ1v) is 4.47. The van der Waals surface area contributed by atoms with E-state index >= 15 is 0 Å². The molecule has 2 N–H and O–H groups in total. The van der Waals surface area contributed by atoms with E-state index in [2.05, 4.69) is 20.6 Å². The van der Waals surface area contributed by atoms with Crippen LogP contribution in [0.1, 0.15) is 16.1 Å². The van der Waals surface area contributed by atoms with E-state index in [0.717, 1.165) is 5.69 Å². The van der Waals surface area contributed by atoms with Crippen LogP contribution in [0.5, 0.6) is 0 Å². The van der Waals surface area contributed by atoms with E-state index in [1.807, 2.05) is 6.92 Å². The SMILES string of the molecule is Cc1cc(NC(=O)c2cnn(C)c2)[nH]n1. The fourth-order valence-electron chi connectivity index (χ4n) is 1.22. The van der Waals surface area contributed by atoms with Gasteiger partial charge in [0.25, 0.3) is 5.91 Å². The fourth-order valence-corrected chi connectivity index (χ4v) is 1.22. The summed E-state index contributed by atoms with van der Waals surface area (Å²) in [7, 11) is 1.76. The molecule has 0 aliphatic heterocycles. The zero-order valence-corrected chi connectivity index (χ0v) is 8.48. The molecule has 1 amide bonds. The Labute approximate surface area is 86.3 Å². The molecule has 0 radical (unpaired) electrons. The molecule has 15 heavy (non-hydrogen) atoms. The van der Waals surface area contributed by atoms with Gasteiger partial charge < -0.3 is 5.32 Å². The molecule has 2 heterocycles. The summed E-state index contributed by atoms with van der Waals surface area (Å²) < 4.78 is 1.58. The zero-order chi connectivity index (χ0) is 10.8. The average Bonchev–Trinajstić information content (AvgIpc) is 2.75. The summed E-state index contributed by atoms with van der Waals surface area (Å²) in [6.45, 7) is 1.84. The Morgan fingerprint density at radius 1 is 1.60 bits per heavy atom. The van der Waals surface area contributed by atoms with Crippen LogP contribution in [0.4, 0.5) is 5.82 Å². The van der Waals surface area contributed by atoms with Gasteiger partial charge in [-0.2, -0.15) is 10.2 Å². The number of hydrogen-bond donors (Lipinski definition) is 2. The molecule has 0 saturated carbocycles. The third kappa shape index (κ3) is 2.04. The molecule has 0 unspecified atom stereocenters. The van der Waals surface area contributed by atoms with E-state index in [1.54, 1.807) is 24.0 Å². The highest BCUT2D eigenvalue weighted by Crippen LogP contribution is 2.06. The van der Waals surface area contributed by atoms with Gasteiger partial charge in [-0.1, -0.05) is 0 Å². The van der Waals surface area contributed by atoms with Crippen LogP contribution in [0, 0.1) is 6.92 Å². The Balaban J connectivity index is 2.10. The number of aryl methyl sites for hydroxylation is 2. The van der Waals surface area contributed by atoms with Gasteiger partial charge in [-0.05, 0) is 6.92 Å². The van der Waals surface area contributed by atoms with Gasteiger partial charge >= 0.3 is 0 Å². The van der Waals surface area contributed by atoms with E-state index in [0.29, 0.717) is 11.4 Å². The van der Waals surface area contributed by atoms with Crippen LogP contribution in [0.15, 0.2) is 18.5 Å². The number of H-pyrrole nitrogens is 1. The predicted octanol–water partition coefficient (Wildman–Crippen LogP) is 0.704. The quantitative estimate of drug-likeness (QED) is 0.757. The van der Waals surface area contributed by atoms with Gasteiger partial charge in [-0.3, -0.25) is 14.6 Å². The minimum absolute atomic E-state index is 0.202. The molecular formula is C9H11N5O. The van der Waals surface area contributed by atoms with Crippen molar-refractivity contribution in [3.05, 3.63) is 29.7 Å². The lowest BCUT2D eigenvalue weighted by Gasteiger charge is -1.97. The number of nitrogens with one attached hydrogen (secondary N) is 2. The lowest BCUT2D eigenvalue weighted by atomic mass is 10.3. The van der Waals surface area contributed by atoms with Crippen molar-refractivity contribution >= 4 is 11.7 Å². The Hall–Kier alpha value is -2.11. The zero-order valence-electron chi connectivity index (χ0n) is 8.48. The number of nitrogens with zero attached hydrogens (tertiary/aromatic N) is 3. The standard InChI is InChI=1S/C9H11N5O/c1-6-3-8(13-12-6)11-9(15)7-4-10-14(2)5-7/h3-5H,1-2H3,(H2,11,12,13,15). The molecule has 0 spiro atoms. The molecule has 2 aromatic heterocycles. The normalized spacial score (nSPS) is 10.3. The molecule has 0 aromatic carbocycles. The monoisotopic (exact) mass is 205 g/mol. The van der Waals surface area contributed by atoms with Gasteiger partial charge in [0, 0.05) is 19.3 Å². The maximum atomic E-state index is 11.6. The molecule has 6 nitrogen and oxygen atoms in total. The molecule has 6 heteroatoms. The molecule has 0 bridgehead atoms. The molecular weight excluding hydrogens is 194 g/mol. The molecule has 2 aromatic rings. The number of hydrogen-bond acceptors (Lipinski definition) is 3. The lowest BCUT2D eigenvalue weighted by molar-refractivity contribution is 0.102. The van der Waals surface area contributed by atoms with Crippen molar-refractivity contribution in [1.29, 1.82) is 0 Å². The second kappa shape index (κ2) is 3.56. The summed E-state index contributed by atoms with van der Waals surface area (Å²) in [5.74, 6) is 0.383. The molecule has 0 aliphatic rings. The highest BCUT2D eigenvalue weighted by molar-refractivity contribution is 6.03. The van der Waals surface area contributed by atoms with Crippen molar-refractivity contribution in [3.8, 4) is 0 Å². The lowest BCUT2D eigenvalue weighted by Crippen LogP contribution is -2.11. The minimum Gasteiger partial charge on any atom is -0.307 e. The molecule has 0 atom stereocenters. The number of rotatable bonds is 2. The van der Waals surface area contributed by atoms with Crippen molar-refractivity contribution < 1.29 is 4.79 Å². The van der Waals surface area contributed by atoms with Crippen molar-refractivity contribution in [2.75, 3.05) is 5.32 Å². The molecule has 0 saturated heterocycles. The number of anilines is 1. The molecule has 78 valence electrons. The molecule has 0 aliphatic carbocycles. The van der Waals surface area contributed by atoms with Gasteiger partial charge in [-0.25, -0.2) is 0 Å². The van der Waals surface area contributed by atoms with Crippen LogP contribution < -0.4 is 5.32 Å². The highest BCUT2D eigenvalue weighted by atomic mass is 16.1. The fraction of sp³-hybridized carbons (Fsp3) is 0.222. The second-order valence-electron chi connectivity index (χ2n) is 3.28. The topological polar surface area (TPSA) is 75.6 Å². The van der Waals surface area contributed by atoms with E-state index < -0.39 is 0 Å². The maximum Gasteiger partial charge on any atom is 0.259 e. The number of amides is 1. The van der Waals surface area contributed by atoms with Crippen molar-refractivity contribution in [2.45, 2.75) is 6.92 Å². The van der Waals surface area contributed by atoms with Crippen LogP contribution in [0.3, 0.4) is 0 Å². The van der Waals surface area contributed by atoms with Gasteiger partial charge in [0.2, 0.25) is 0 Å². The first kappa shape index (κ1) is 9.45. The van der Waals surface area contributed by atoms with E-state index in [-0.39, 0.29) is 5.91 Å². The summed E-state index contributed by atoms with van der Waals surface area (Å²) in [5, 5.41) is 13.2. The van der Waals surface area contributed by atoms with Gasteiger partial charge in [0.1, 0.15) is 5.82 Å². The smallest absolute Gasteiger partial charge is 0.259 e. The van der Waals surface area contributed by atoms with E-state index in [1.165, 1.54) is 6.20 Å². The third-order valence-corrected chi connectivity index (χ3v) is 1.92. The van der Waals surface area contributed by atoms with E-state index in [4.69, 9.17) is 0 Å². The van der Waals surface area contributed by atoms with Crippen LogP contribution in [-0.4, -0.2) is 25.9 Å². The number of carbonyl (C=O) groups is 1. The third-order valence-electron chi connectivity index (χ3n) is 1.92.